The number of halogens is 1. The molecular formula is C4H6INOS. The number of allylic oxidation sites excluding steroid dienone is 1. The second-order valence-corrected chi connectivity index (χ2v) is 4.41. The first-order chi connectivity index (χ1) is 3.72. The zero-order valence-electron chi connectivity index (χ0n) is 4.19. The molecule has 0 aromatic heterocycles. The molecule has 4 heteroatoms. The van der Waals surface area contributed by atoms with Crippen LogP contribution in [0.1, 0.15) is 6.42 Å². The van der Waals surface area contributed by atoms with E-state index in [1.54, 1.807) is 0 Å². The lowest BCUT2D eigenvalue weighted by Gasteiger charge is -1.86. The molecule has 8 heavy (non-hydrogen) atoms. The molecule has 2 nitrogen and oxygen atoms in total. The Kier molecular flexibility index (Phi) is 1.92. The van der Waals surface area contributed by atoms with Gasteiger partial charge in [0.25, 0.3) is 0 Å². The van der Waals surface area contributed by atoms with Gasteiger partial charge in [0.15, 0.2) is 0 Å². The first-order valence-electron chi connectivity index (χ1n) is 2.24. The molecule has 0 aromatic carbocycles. The molecule has 0 saturated carbocycles. The van der Waals surface area contributed by atoms with Gasteiger partial charge in [-0.05, 0) is 29.0 Å². The molecule has 0 amide bonds. The van der Waals surface area contributed by atoms with Crippen molar-refractivity contribution in [3.63, 3.8) is 0 Å². The fourth-order valence-electron chi connectivity index (χ4n) is 0.539. The van der Waals surface area contributed by atoms with E-state index in [9.17, 15) is 4.21 Å². The summed E-state index contributed by atoms with van der Waals surface area (Å²) >= 11 is 2.13. The predicted octanol–water partition coefficient (Wildman–Crippen LogP) is 0.702. The normalized spacial score (nSPS) is 29.4. The Morgan fingerprint density at radius 3 is 2.50 bits per heavy atom. The molecule has 1 rings (SSSR count). The first kappa shape index (κ1) is 6.54. The summed E-state index contributed by atoms with van der Waals surface area (Å²) in [6.45, 7) is 0. The summed E-state index contributed by atoms with van der Waals surface area (Å²) in [6, 6.07) is 0. The van der Waals surface area contributed by atoms with E-state index in [-0.39, 0.29) is 0 Å². The van der Waals surface area contributed by atoms with Crippen LogP contribution in [0.5, 0.6) is 0 Å². The van der Waals surface area contributed by atoms with E-state index < -0.39 is 10.8 Å². The van der Waals surface area contributed by atoms with Gasteiger partial charge in [-0.25, -0.2) is 0 Å². The van der Waals surface area contributed by atoms with E-state index in [0.717, 1.165) is 15.8 Å². The van der Waals surface area contributed by atoms with Crippen LogP contribution in [-0.4, -0.2) is 9.96 Å². The van der Waals surface area contributed by atoms with Crippen LogP contribution in [0.2, 0.25) is 0 Å². The van der Waals surface area contributed by atoms with Gasteiger partial charge in [-0.15, -0.1) is 0 Å². The van der Waals surface area contributed by atoms with E-state index in [1.165, 1.54) is 0 Å². The van der Waals surface area contributed by atoms with Crippen LogP contribution in [0, 0.1) is 0 Å². The molecule has 1 heterocycles. The molecule has 46 valence electrons. The van der Waals surface area contributed by atoms with Gasteiger partial charge in [-0.2, -0.15) is 0 Å². The zero-order chi connectivity index (χ0) is 6.15. The standard InChI is InChI=1S/C4H6INOS/c5-3-1-2-8(7)4(3)6/h1-2,6H2. The summed E-state index contributed by atoms with van der Waals surface area (Å²) in [5.41, 5.74) is 5.39. The highest BCUT2D eigenvalue weighted by atomic mass is 127. The summed E-state index contributed by atoms with van der Waals surface area (Å²) in [6.07, 6.45) is 0.902. The number of hydrogen-bond donors (Lipinski definition) is 1. The molecule has 1 atom stereocenters. The van der Waals surface area contributed by atoms with Crippen LogP contribution < -0.4 is 5.73 Å². The van der Waals surface area contributed by atoms with Crippen LogP contribution in [0.15, 0.2) is 8.61 Å². The zero-order valence-corrected chi connectivity index (χ0v) is 7.16. The minimum atomic E-state index is -0.848. The van der Waals surface area contributed by atoms with Gasteiger partial charge >= 0.3 is 0 Å². The Morgan fingerprint density at radius 1 is 1.75 bits per heavy atom. The molecule has 0 saturated heterocycles. The van der Waals surface area contributed by atoms with E-state index in [1.807, 2.05) is 0 Å². The maximum Gasteiger partial charge on any atom is 0.106 e. The highest BCUT2D eigenvalue weighted by Gasteiger charge is 2.15. The van der Waals surface area contributed by atoms with Crippen molar-refractivity contribution in [3.05, 3.63) is 8.61 Å². The third kappa shape index (κ3) is 1.05. The summed E-state index contributed by atoms with van der Waals surface area (Å²) in [5.74, 6) is 0.726. The minimum Gasteiger partial charge on any atom is -0.391 e. The van der Waals surface area contributed by atoms with E-state index >= 15 is 0 Å². The van der Waals surface area contributed by atoms with E-state index in [2.05, 4.69) is 22.6 Å². The summed E-state index contributed by atoms with van der Waals surface area (Å²) in [4.78, 5) is 0. The average molecular weight is 243 g/mol. The van der Waals surface area contributed by atoms with Crippen LogP contribution >= 0.6 is 22.6 Å². The third-order valence-corrected chi connectivity index (χ3v) is 3.82. The smallest absolute Gasteiger partial charge is 0.106 e. The summed E-state index contributed by atoms with van der Waals surface area (Å²) < 4.78 is 11.8. The Labute approximate surface area is 64.1 Å². The van der Waals surface area contributed by atoms with Gasteiger partial charge in [0, 0.05) is 9.33 Å². The Bertz CT molecular complexity index is 165. The van der Waals surface area contributed by atoms with Gasteiger partial charge in [0.2, 0.25) is 0 Å². The maximum atomic E-state index is 10.7. The fraction of sp³-hybridized carbons (Fsp3) is 0.500. The van der Waals surface area contributed by atoms with Crippen LogP contribution in [-0.2, 0) is 10.8 Å². The van der Waals surface area contributed by atoms with Crippen molar-refractivity contribution in [3.8, 4) is 0 Å². The van der Waals surface area contributed by atoms with E-state index in [4.69, 9.17) is 5.73 Å². The molecule has 0 spiro atoms. The van der Waals surface area contributed by atoms with Crippen molar-refractivity contribution in [2.45, 2.75) is 6.42 Å². The Hall–Kier alpha value is 0.420. The molecule has 0 fully saturated rings. The molecule has 2 N–H and O–H groups in total. The lowest BCUT2D eigenvalue weighted by Crippen LogP contribution is -2.01. The van der Waals surface area contributed by atoms with Crippen molar-refractivity contribution in [2.24, 2.45) is 5.73 Å². The first-order valence-corrected chi connectivity index (χ1v) is 4.64. The van der Waals surface area contributed by atoms with Crippen LogP contribution in [0.25, 0.3) is 0 Å². The summed E-state index contributed by atoms with van der Waals surface area (Å²) in [7, 11) is -0.848. The van der Waals surface area contributed by atoms with Gasteiger partial charge < -0.3 is 5.73 Å². The Balaban J connectivity index is 2.86. The number of nitrogens with two attached hydrogens (primary N) is 1. The van der Waals surface area contributed by atoms with Gasteiger partial charge in [-0.3, -0.25) is 4.21 Å². The van der Waals surface area contributed by atoms with Crippen molar-refractivity contribution in [1.29, 1.82) is 0 Å². The van der Waals surface area contributed by atoms with Crippen LogP contribution in [0.3, 0.4) is 0 Å². The van der Waals surface area contributed by atoms with Crippen LogP contribution in [0.4, 0.5) is 0 Å². The molecule has 0 aliphatic carbocycles. The molecule has 1 aliphatic rings. The lowest BCUT2D eigenvalue weighted by molar-refractivity contribution is 0.688. The fourth-order valence-corrected chi connectivity index (χ4v) is 2.87. The van der Waals surface area contributed by atoms with Crippen molar-refractivity contribution in [2.75, 3.05) is 5.75 Å². The Morgan fingerprint density at radius 2 is 2.38 bits per heavy atom. The maximum absolute atomic E-state index is 10.7. The topological polar surface area (TPSA) is 43.1 Å². The highest BCUT2D eigenvalue weighted by Crippen LogP contribution is 2.23. The highest BCUT2D eigenvalue weighted by molar-refractivity contribution is 14.1. The summed E-state index contributed by atoms with van der Waals surface area (Å²) in [5, 5.41) is 0.589. The van der Waals surface area contributed by atoms with Gasteiger partial charge in [0.05, 0.1) is 10.8 Å². The molecule has 1 aliphatic heterocycles. The third-order valence-electron chi connectivity index (χ3n) is 1.02. The van der Waals surface area contributed by atoms with Crippen molar-refractivity contribution < 1.29 is 4.21 Å². The van der Waals surface area contributed by atoms with E-state index in [0.29, 0.717) is 5.03 Å². The van der Waals surface area contributed by atoms with Gasteiger partial charge in [0.1, 0.15) is 5.03 Å². The molecule has 0 bridgehead atoms. The molecule has 1 unspecified atom stereocenters. The number of hydrogen-bond acceptors (Lipinski definition) is 2. The SMILES string of the molecule is NC1=C(I)CCS1=O. The molecule has 0 radical (unpaired) electrons. The lowest BCUT2D eigenvalue weighted by atomic mass is 10.5. The monoisotopic (exact) mass is 243 g/mol. The van der Waals surface area contributed by atoms with Gasteiger partial charge in [-0.1, -0.05) is 0 Å². The molecular weight excluding hydrogens is 237 g/mol. The average Bonchev–Trinajstić information content (AvgIpc) is 1.98. The molecule has 0 aromatic rings. The second-order valence-electron chi connectivity index (χ2n) is 1.57. The number of rotatable bonds is 0. The second kappa shape index (κ2) is 2.34. The van der Waals surface area contributed by atoms with Crippen molar-refractivity contribution >= 4 is 33.4 Å². The van der Waals surface area contributed by atoms with Crippen molar-refractivity contribution in [1.82, 2.24) is 0 Å². The minimum absolute atomic E-state index is 0.589. The largest absolute Gasteiger partial charge is 0.391 e. The quantitative estimate of drug-likeness (QED) is 0.636. The predicted molar refractivity (Wildman–Crippen MR) is 42.9 cm³/mol.